The van der Waals surface area contributed by atoms with E-state index in [2.05, 4.69) is 24.2 Å². The van der Waals surface area contributed by atoms with Gasteiger partial charge in [0.2, 0.25) is 0 Å². The molecule has 0 aromatic rings. The highest BCUT2D eigenvalue weighted by Gasteiger charge is 2.39. The van der Waals surface area contributed by atoms with Crippen LogP contribution in [0.25, 0.3) is 0 Å². The molecule has 1 N–H and O–H groups in total. The number of hydrogen-bond donors (Lipinski definition) is 1. The zero-order valence-electron chi connectivity index (χ0n) is 8.21. The van der Waals surface area contributed by atoms with Crippen molar-refractivity contribution in [3.63, 3.8) is 0 Å². The molecule has 2 rings (SSSR count). The van der Waals surface area contributed by atoms with Gasteiger partial charge in [0.25, 0.3) is 0 Å². The van der Waals surface area contributed by atoms with Crippen LogP contribution in [0.3, 0.4) is 0 Å². The summed E-state index contributed by atoms with van der Waals surface area (Å²) in [6, 6.07) is 2.58. The molecule has 3 unspecified atom stereocenters. The van der Waals surface area contributed by atoms with Crippen LogP contribution >= 0.6 is 0 Å². The third-order valence-corrected chi connectivity index (χ3v) is 3.65. The summed E-state index contributed by atoms with van der Waals surface area (Å²) in [4.78, 5) is 2.70. The van der Waals surface area contributed by atoms with Crippen molar-refractivity contribution < 1.29 is 0 Å². The molecule has 2 heterocycles. The van der Waals surface area contributed by atoms with Crippen molar-refractivity contribution in [2.75, 3.05) is 13.6 Å². The summed E-state index contributed by atoms with van der Waals surface area (Å²) in [5, 5.41) is 3.43. The molecule has 3 atom stereocenters. The third-order valence-electron chi connectivity index (χ3n) is 3.65. The van der Waals surface area contributed by atoms with Crippen LogP contribution in [0, 0.1) is 0 Å². The van der Waals surface area contributed by atoms with E-state index in [4.69, 9.17) is 0 Å². The lowest BCUT2D eigenvalue weighted by molar-refractivity contribution is -0.0111. The Morgan fingerprint density at radius 3 is 2.75 bits per heavy atom. The van der Waals surface area contributed by atoms with Gasteiger partial charge in [0, 0.05) is 24.7 Å². The van der Waals surface area contributed by atoms with E-state index in [1.807, 2.05) is 0 Å². The Hall–Kier alpha value is -0.0800. The van der Waals surface area contributed by atoms with E-state index in [1.165, 1.54) is 32.2 Å². The quantitative estimate of drug-likeness (QED) is 0.667. The van der Waals surface area contributed by atoms with Crippen molar-refractivity contribution >= 4 is 0 Å². The van der Waals surface area contributed by atoms with Crippen LogP contribution in [-0.4, -0.2) is 36.6 Å². The molecule has 0 radical (unpaired) electrons. The molecule has 0 bridgehead atoms. The molecule has 2 aliphatic heterocycles. The minimum absolute atomic E-state index is 0.788. The normalized spacial score (nSPS) is 42.0. The first-order valence-electron chi connectivity index (χ1n) is 5.28. The second kappa shape index (κ2) is 3.35. The number of nitrogens with one attached hydrogen (secondary N) is 1. The summed E-state index contributed by atoms with van der Waals surface area (Å²) < 4.78 is 0. The van der Waals surface area contributed by atoms with Crippen molar-refractivity contribution in [2.45, 2.75) is 50.7 Å². The molecular formula is C10H20N2. The molecular weight excluding hydrogens is 148 g/mol. The van der Waals surface area contributed by atoms with Gasteiger partial charge in [-0.2, -0.15) is 0 Å². The smallest absolute Gasteiger partial charge is 0.0125 e. The topological polar surface area (TPSA) is 15.3 Å². The monoisotopic (exact) mass is 168 g/mol. The standard InChI is InChI=1S/C10H20N2/c1-3-9-6-8(11-2)7-10-4-5-12(9)10/h8-11H,3-7H2,1-2H3. The first-order valence-corrected chi connectivity index (χ1v) is 5.28. The van der Waals surface area contributed by atoms with Crippen molar-refractivity contribution in [3.8, 4) is 0 Å². The second-order valence-electron chi connectivity index (χ2n) is 4.20. The largest absolute Gasteiger partial charge is 0.317 e. The Morgan fingerprint density at radius 2 is 2.25 bits per heavy atom. The maximum Gasteiger partial charge on any atom is 0.0125 e. The van der Waals surface area contributed by atoms with E-state index in [0.717, 1.165) is 18.1 Å². The van der Waals surface area contributed by atoms with Crippen LogP contribution < -0.4 is 5.32 Å². The van der Waals surface area contributed by atoms with Crippen molar-refractivity contribution in [3.05, 3.63) is 0 Å². The predicted molar refractivity (Wildman–Crippen MR) is 51.3 cm³/mol. The van der Waals surface area contributed by atoms with Crippen LogP contribution in [-0.2, 0) is 0 Å². The van der Waals surface area contributed by atoms with E-state index in [-0.39, 0.29) is 0 Å². The first kappa shape index (κ1) is 8.52. The van der Waals surface area contributed by atoms with Gasteiger partial charge in [0.05, 0.1) is 0 Å². The summed E-state index contributed by atoms with van der Waals surface area (Å²) in [5.74, 6) is 0. The molecule has 12 heavy (non-hydrogen) atoms. The predicted octanol–water partition coefficient (Wildman–Crippen LogP) is 1.22. The molecule has 0 aliphatic carbocycles. The average Bonchev–Trinajstić information content (AvgIpc) is 2.06. The SMILES string of the molecule is CCC1CC(NC)CC2CCN12. The minimum atomic E-state index is 0.788. The lowest BCUT2D eigenvalue weighted by Crippen LogP contribution is -2.60. The summed E-state index contributed by atoms with van der Waals surface area (Å²) in [6.07, 6.45) is 5.51. The van der Waals surface area contributed by atoms with Gasteiger partial charge in [-0.3, -0.25) is 4.90 Å². The Kier molecular flexibility index (Phi) is 2.37. The van der Waals surface area contributed by atoms with Gasteiger partial charge in [-0.25, -0.2) is 0 Å². The molecule has 0 saturated carbocycles. The van der Waals surface area contributed by atoms with Crippen LogP contribution in [0.15, 0.2) is 0 Å². The number of piperidine rings is 1. The molecule has 2 heteroatoms. The van der Waals surface area contributed by atoms with Crippen molar-refractivity contribution in [1.82, 2.24) is 10.2 Å². The number of nitrogens with zero attached hydrogens (tertiary/aromatic N) is 1. The number of fused-ring (bicyclic) bond motifs is 1. The van der Waals surface area contributed by atoms with E-state index in [0.29, 0.717) is 0 Å². The van der Waals surface area contributed by atoms with Gasteiger partial charge in [0.1, 0.15) is 0 Å². The van der Waals surface area contributed by atoms with Gasteiger partial charge in [-0.15, -0.1) is 0 Å². The third kappa shape index (κ3) is 1.27. The van der Waals surface area contributed by atoms with Gasteiger partial charge in [0.15, 0.2) is 0 Å². The van der Waals surface area contributed by atoms with Crippen molar-refractivity contribution in [2.24, 2.45) is 0 Å². The molecule has 0 spiro atoms. The van der Waals surface area contributed by atoms with E-state index >= 15 is 0 Å². The highest BCUT2D eigenvalue weighted by atomic mass is 15.3. The maximum atomic E-state index is 3.43. The highest BCUT2D eigenvalue weighted by Crippen LogP contribution is 2.33. The molecule has 70 valence electrons. The van der Waals surface area contributed by atoms with Crippen LogP contribution in [0.2, 0.25) is 0 Å². The van der Waals surface area contributed by atoms with Gasteiger partial charge < -0.3 is 5.32 Å². The van der Waals surface area contributed by atoms with E-state index in [9.17, 15) is 0 Å². The molecule has 0 aromatic heterocycles. The van der Waals surface area contributed by atoms with Gasteiger partial charge in [-0.05, 0) is 32.7 Å². The van der Waals surface area contributed by atoms with E-state index < -0.39 is 0 Å². The summed E-state index contributed by atoms with van der Waals surface area (Å²) in [6.45, 7) is 3.68. The Labute approximate surface area is 75.3 Å². The summed E-state index contributed by atoms with van der Waals surface area (Å²) >= 11 is 0. The molecule has 2 aliphatic rings. The van der Waals surface area contributed by atoms with E-state index in [1.54, 1.807) is 0 Å². The van der Waals surface area contributed by atoms with Crippen LogP contribution in [0.1, 0.15) is 32.6 Å². The fraction of sp³-hybridized carbons (Fsp3) is 1.00. The molecule has 0 aromatic carbocycles. The highest BCUT2D eigenvalue weighted by molar-refractivity contribution is 4.96. The van der Waals surface area contributed by atoms with Crippen LogP contribution in [0.5, 0.6) is 0 Å². The minimum Gasteiger partial charge on any atom is -0.317 e. The first-order chi connectivity index (χ1) is 5.85. The summed E-state index contributed by atoms with van der Waals surface area (Å²) in [5.41, 5.74) is 0. The average molecular weight is 168 g/mol. The van der Waals surface area contributed by atoms with Gasteiger partial charge >= 0.3 is 0 Å². The van der Waals surface area contributed by atoms with Gasteiger partial charge in [-0.1, -0.05) is 6.92 Å². The molecule has 0 amide bonds. The Balaban J connectivity index is 1.95. The lowest BCUT2D eigenvalue weighted by atomic mass is 9.83. The fourth-order valence-corrected chi connectivity index (χ4v) is 2.72. The maximum absolute atomic E-state index is 3.43. The summed E-state index contributed by atoms with van der Waals surface area (Å²) in [7, 11) is 2.10. The Bertz CT molecular complexity index is 156. The second-order valence-corrected chi connectivity index (χ2v) is 4.20. The lowest BCUT2D eigenvalue weighted by Gasteiger charge is -2.52. The zero-order valence-corrected chi connectivity index (χ0v) is 8.21. The Morgan fingerprint density at radius 1 is 1.42 bits per heavy atom. The zero-order chi connectivity index (χ0) is 8.55. The molecule has 2 nitrogen and oxygen atoms in total. The fourth-order valence-electron chi connectivity index (χ4n) is 2.72. The number of rotatable bonds is 2. The number of hydrogen-bond acceptors (Lipinski definition) is 2. The molecule has 2 saturated heterocycles. The van der Waals surface area contributed by atoms with Crippen LogP contribution in [0.4, 0.5) is 0 Å². The molecule has 2 fully saturated rings. The van der Waals surface area contributed by atoms with Crippen molar-refractivity contribution in [1.29, 1.82) is 0 Å².